The summed E-state index contributed by atoms with van der Waals surface area (Å²) in [4.78, 5) is 22.0. The summed E-state index contributed by atoms with van der Waals surface area (Å²) in [7, 11) is 0. The molecule has 31 heavy (non-hydrogen) atoms. The first-order chi connectivity index (χ1) is 15.3. The maximum atomic E-state index is 13.0. The predicted molar refractivity (Wildman–Crippen MR) is 120 cm³/mol. The van der Waals surface area contributed by atoms with Gasteiger partial charge in [-0.3, -0.25) is 9.69 Å². The Morgan fingerprint density at radius 2 is 1.77 bits per heavy atom. The van der Waals surface area contributed by atoms with Crippen LogP contribution in [-0.4, -0.2) is 46.9 Å². The molecule has 1 fully saturated rings. The lowest BCUT2D eigenvalue weighted by Gasteiger charge is -2.33. The minimum Gasteiger partial charge on any atom is -0.489 e. The van der Waals surface area contributed by atoms with E-state index in [-0.39, 0.29) is 5.91 Å². The molecule has 0 spiro atoms. The van der Waals surface area contributed by atoms with E-state index in [1.165, 1.54) is 4.70 Å². The van der Waals surface area contributed by atoms with Gasteiger partial charge in [0.1, 0.15) is 17.4 Å². The van der Waals surface area contributed by atoms with Gasteiger partial charge in [0.05, 0.1) is 23.0 Å². The zero-order valence-electron chi connectivity index (χ0n) is 17.1. The molecule has 7 heteroatoms. The van der Waals surface area contributed by atoms with Crippen molar-refractivity contribution in [2.24, 2.45) is 0 Å². The Balaban J connectivity index is 1.17. The highest BCUT2D eigenvalue weighted by Crippen LogP contribution is 2.23. The predicted octanol–water partition coefficient (Wildman–Crippen LogP) is 4.43. The Labute approximate surface area is 184 Å². The van der Waals surface area contributed by atoms with E-state index < -0.39 is 0 Å². The van der Waals surface area contributed by atoms with Crippen molar-refractivity contribution < 1.29 is 13.9 Å². The Morgan fingerprint density at radius 3 is 2.58 bits per heavy atom. The number of para-hydroxylation sites is 2. The van der Waals surface area contributed by atoms with Crippen LogP contribution < -0.4 is 4.74 Å². The number of hydrogen-bond acceptors (Lipinski definition) is 6. The number of nitrogens with zero attached hydrogens (tertiary/aromatic N) is 3. The smallest absolute Gasteiger partial charge is 0.290 e. The lowest BCUT2D eigenvalue weighted by Crippen LogP contribution is -2.48. The summed E-state index contributed by atoms with van der Waals surface area (Å²) >= 11 is 1.74. The van der Waals surface area contributed by atoms with E-state index in [2.05, 4.69) is 11.0 Å². The summed E-state index contributed by atoms with van der Waals surface area (Å²) in [5, 5.41) is 1.12. The van der Waals surface area contributed by atoms with Gasteiger partial charge in [-0.25, -0.2) is 4.98 Å². The van der Waals surface area contributed by atoms with Crippen molar-refractivity contribution in [2.45, 2.75) is 13.2 Å². The summed E-state index contributed by atoms with van der Waals surface area (Å²) < 4.78 is 12.5. The molecule has 158 valence electrons. The minimum absolute atomic E-state index is 0.0729. The van der Waals surface area contributed by atoms with Gasteiger partial charge in [0.15, 0.2) is 5.76 Å². The molecule has 1 saturated heterocycles. The molecule has 1 amide bonds. The van der Waals surface area contributed by atoms with Crippen LogP contribution in [0.1, 0.15) is 21.1 Å². The summed E-state index contributed by atoms with van der Waals surface area (Å²) in [6.07, 6.45) is 1.56. The van der Waals surface area contributed by atoms with Crippen LogP contribution in [0.5, 0.6) is 5.75 Å². The van der Waals surface area contributed by atoms with Gasteiger partial charge >= 0.3 is 0 Å². The highest BCUT2D eigenvalue weighted by molar-refractivity contribution is 7.18. The topological polar surface area (TPSA) is 58.8 Å². The summed E-state index contributed by atoms with van der Waals surface area (Å²) in [6.45, 7) is 4.10. The maximum absolute atomic E-state index is 13.0. The average Bonchev–Trinajstić information content (AvgIpc) is 3.45. The first kappa shape index (κ1) is 19.8. The third-order valence-electron chi connectivity index (χ3n) is 5.44. The van der Waals surface area contributed by atoms with Gasteiger partial charge in [0.25, 0.3) is 5.91 Å². The zero-order chi connectivity index (χ0) is 21.0. The summed E-state index contributed by atoms with van der Waals surface area (Å²) in [5.41, 5.74) is 1.82. The van der Waals surface area contributed by atoms with Crippen LogP contribution in [0.4, 0.5) is 0 Å². The first-order valence-corrected chi connectivity index (χ1v) is 11.2. The molecule has 3 heterocycles. The number of carbonyl (C=O) groups excluding carboxylic acids is 1. The molecule has 0 N–H and O–H groups in total. The number of benzene rings is 2. The van der Waals surface area contributed by atoms with Gasteiger partial charge in [-0.05, 0) is 30.3 Å². The molecule has 0 radical (unpaired) electrons. The largest absolute Gasteiger partial charge is 0.489 e. The highest BCUT2D eigenvalue weighted by atomic mass is 32.1. The second kappa shape index (κ2) is 8.91. The Morgan fingerprint density at radius 1 is 1.00 bits per heavy atom. The lowest BCUT2D eigenvalue weighted by molar-refractivity contribution is 0.0594. The Hall–Kier alpha value is -3.16. The Kier molecular flexibility index (Phi) is 5.69. The van der Waals surface area contributed by atoms with Crippen LogP contribution in [0.25, 0.3) is 10.2 Å². The van der Waals surface area contributed by atoms with Crippen molar-refractivity contribution in [3.05, 3.63) is 83.3 Å². The van der Waals surface area contributed by atoms with Crippen molar-refractivity contribution >= 4 is 27.5 Å². The number of thiazole rings is 1. The standard InChI is InChI=1S/C24H23N3O3S/c28-24(23-18(10-15-29-23)17-30-19-6-2-1-3-7-19)27-13-11-26(12-14-27)16-22-25-20-8-4-5-9-21(20)31-22/h1-10,15H,11-14,16-17H2. The number of rotatable bonds is 6. The maximum Gasteiger partial charge on any atom is 0.290 e. The summed E-state index contributed by atoms with van der Waals surface area (Å²) in [6, 6.07) is 19.6. The number of aromatic nitrogens is 1. The molecular formula is C24H23N3O3S. The van der Waals surface area contributed by atoms with Crippen LogP contribution in [0.2, 0.25) is 0 Å². The number of fused-ring (bicyclic) bond motifs is 1. The molecule has 0 bridgehead atoms. The molecule has 0 saturated carbocycles. The molecule has 1 aliphatic heterocycles. The highest BCUT2D eigenvalue weighted by Gasteiger charge is 2.26. The van der Waals surface area contributed by atoms with E-state index in [9.17, 15) is 4.79 Å². The Bertz CT molecular complexity index is 1130. The molecule has 0 unspecified atom stereocenters. The molecule has 5 rings (SSSR count). The van der Waals surface area contributed by atoms with Crippen LogP contribution >= 0.6 is 11.3 Å². The van der Waals surface area contributed by atoms with Crippen molar-refractivity contribution in [2.75, 3.05) is 26.2 Å². The van der Waals surface area contributed by atoms with Gasteiger partial charge in [0.2, 0.25) is 0 Å². The van der Waals surface area contributed by atoms with Gasteiger partial charge < -0.3 is 14.1 Å². The third kappa shape index (κ3) is 4.47. The molecule has 0 aliphatic carbocycles. The van der Waals surface area contributed by atoms with E-state index >= 15 is 0 Å². The minimum atomic E-state index is -0.0729. The molecule has 1 aliphatic rings. The molecule has 4 aromatic rings. The molecule has 0 atom stereocenters. The molecular weight excluding hydrogens is 410 g/mol. The lowest BCUT2D eigenvalue weighted by atomic mass is 10.2. The molecule has 6 nitrogen and oxygen atoms in total. The van der Waals surface area contributed by atoms with Gasteiger partial charge in [-0.15, -0.1) is 11.3 Å². The van der Waals surface area contributed by atoms with Gasteiger partial charge in [0, 0.05) is 31.7 Å². The fourth-order valence-corrected chi connectivity index (χ4v) is 4.76. The van der Waals surface area contributed by atoms with Crippen LogP contribution in [0.15, 0.2) is 71.3 Å². The number of furan rings is 1. The van der Waals surface area contributed by atoms with E-state index in [1.807, 2.05) is 53.4 Å². The SMILES string of the molecule is O=C(c1occc1COc1ccccc1)N1CCN(Cc2nc3ccccc3s2)CC1. The van der Waals surface area contributed by atoms with Crippen molar-refractivity contribution in [3.63, 3.8) is 0 Å². The molecule has 2 aromatic carbocycles. The van der Waals surface area contributed by atoms with Crippen molar-refractivity contribution in [1.29, 1.82) is 0 Å². The van der Waals surface area contributed by atoms with Gasteiger partial charge in [-0.2, -0.15) is 0 Å². The quantitative estimate of drug-likeness (QED) is 0.450. The van der Waals surface area contributed by atoms with Crippen molar-refractivity contribution in [1.82, 2.24) is 14.8 Å². The number of carbonyl (C=O) groups is 1. The number of hydrogen-bond donors (Lipinski definition) is 0. The fraction of sp³-hybridized carbons (Fsp3) is 0.250. The first-order valence-electron chi connectivity index (χ1n) is 10.4. The average molecular weight is 434 g/mol. The van der Waals surface area contributed by atoms with Crippen LogP contribution in [-0.2, 0) is 13.2 Å². The number of ether oxygens (including phenoxy) is 1. The van der Waals surface area contributed by atoms with Crippen molar-refractivity contribution in [3.8, 4) is 5.75 Å². The monoisotopic (exact) mass is 433 g/mol. The summed E-state index contributed by atoms with van der Waals surface area (Å²) in [5.74, 6) is 1.07. The molecule has 2 aromatic heterocycles. The normalized spacial score (nSPS) is 14.8. The van der Waals surface area contributed by atoms with E-state index in [4.69, 9.17) is 14.1 Å². The number of piperazine rings is 1. The fourth-order valence-electron chi connectivity index (χ4n) is 3.75. The van der Waals surface area contributed by atoms with E-state index in [0.29, 0.717) is 25.5 Å². The van der Waals surface area contributed by atoms with Crippen LogP contribution in [0.3, 0.4) is 0 Å². The second-order valence-electron chi connectivity index (χ2n) is 7.52. The van der Waals surface area contributed by atoms with E-state index in [0.717, 1.165) is 41.5 Å². The number of amides is 1. The second-order valence-corrected chi connectivity index (χ2v) is 8.64. The zero-order valence-corrected chi connectivity index (χ0v) is 17.9. The van der Waals surface area contributed by atoms with Gasteiger partial charge in [-0.1, -0.05) is 30.3 Å². The van der Waals surface area contributed by atoms with E-state index in [1.54, 1.807) is 23.7 Å². The third-order valence-corrected chi connectivity index (χ3v) is 6.46. The van der Waals surface area contributed by atoms with Crippen LogP contribution in [0, 0.1) is 0 Å².